The Labute approximate surface area is 172 Å². The van der Waals surface area contributed by atoms with Gasteiger partial charge in [0, 0.05) is 41.9 Å². The molecule has 0 bridgehead atoms. The van der Waals surface area contributed by atoms with Crippen LogP contribution in [-0.2, 0) is 17.9 Å². The summed E-state index contributed by atoms with van der Waals surface area (Å²) in [5.41, 5.74) is 2.74. The smallest absolute Gasteiger partial charge is 0.251 e. The number of halogens is 1. The van der Waals surface area contributed by atoms with Crippen molar-refractivity contribution in [2.24, 2.45) is 0 Å². The van der Waals surface area contributed by atoms with Crippen LogP contribution in [0.4, 0.5) is 0 Å². The second-order valence-electron chi connectivity index (χ2n) is 6.31. The number of nitrogens with one attached hydrogen (secondary N) is 2. The Balaban J connectivity index is 1.37. The lowest BCUT2D eigenvalue weighted by atomic mass is 10.1. The van der Waals surface area contributed by atoms with E-state index in [1.807, 2.05) is 53.3 Å². The molecule has 0 aliphatic heterocycles. The number of rotatable bonds is 8. The molecule has 1 heterocycles. The summed E-state index contributed by atoms with van der Waals surface area (Å²) in [6.07, 6.45) is 3.91. The van der Waals surface area contributed by atoms with Gasteiger partial charge in [-0.1, -0.05) is 40.2 Å². The van der Waals surface area contributed by atoms with E-state index in [4.69, 9.17) is 0 Å². The third-order valence-electron chi connectivity index (χ3n) is 4.16. The first-order valence-electron chi connectivity index (χ1n) is 8.96. The standard InChI is InChI=1S/C21H21BrN4O2/c22-19-8-6-18(7-9-19)21(28)23-12-10-20(27)24-14-16-2-4-17(5-3-16)15-26-13-1-11-25-26/h1-9,11,13H,10,12,14-15H2,(H,23,28)(H,24,27). The van der Waals surface area contributed by atoms with Gasteiger partial charge in [-0.25, -0.2) is 0 Å². The van der Waals surface area contributed by atoms with Gasteiger partial charge in [-0.05, 0) is 41.5 Å². The molecule has 1 aromatic heterocycles. The largest absolute Gasteiger partial charge is 0.352 e. The van der Waals surface area contributed by atoms with Crippen molar-refractivity contribution in [3.05, 3.63) is 88.2 Å². The molecule has 7 heteroatoms. The second-order valence-corrected chi connectivity index (χ2v) is 7.23. The van der Waals surface area contributed by atoms with Crippen LogP contribution >= 0.6 is 15.9 Å². The first-order valence-corrected chi connectivity index (χ1v) is 9.75. The lowest BCUT2D eigenvalue weighted by Gasteiger charge is -2.08. The number of amides is 2. The van der Waals surface area contributed by atoms with Crippen LogP contribution in [0.15, 0.2) is 71.5 Å². The van der Waals surface area contributed by atoms with Crippen LogP contribution in [-0.4, -0.2) is 28.1 Å². The van der Waals surface area contributed by atoms with Crippen LogP contribution in [0.5, 0.6) is 0 Å². The summed E-state index contributed by atoms with van der Waals surface area (Å²) in [6, 6.07) is 17.0. The molecule has 28 heavy (non-hydrogen) atoms. The van der Waals surface area contributed by atoms with Gasteiger partial charge < -0.3 is 10.6 Å². The van der Waals surface area contributed by atoms with Crippen molar-refractivity contribution in [2.45, 2.75) is 19.5 Å². The van der Waals surface area contributed by atoms with E-state index in [-0.39, 0.29) is 18.2 Å². The summed E-state index contributed by atoms with van der Waals surface area (Å²) in [4.78, 5) is 24.0. The fourth-order valence-electron chi connectivity index (χ4n) is 2.63. The van der Waals surface area contributed by atoms with Crippen LogP contribution in [0.2, 0.25) is 0 Å². The van der Waals surface area contributed by atoms with Gasteiger partial charge in [0.2, 0.25) is 5.91 Å². The molecule has 2 N–H and O–H groups in total. The highest BCUT2D eigenvalue weighted by Crippen LogP contribution is 2.10. The number of carbonyl (C=O) groups is 2. The number of hydrogen-bond donors (Lipinski definition) is 2. The van der Waals surface area contributed by atoms with E-state index in [1.165, 1.54) is 0 Å². The van der Waals surface area contributed by atoms with Gasteiger partial charge in [0.25, 0.3) is 5.91 Å². The SMILES string of the molecule is O=C(CCNC(=O)c1ccc(Br)cc1)NCc1ccc(Cn2cccn2)cc1. The molecule has 0 aliphatic rings. The molecule has 0 unspecified atom stereocenters. The summed E-state index contributed by atoms with van der Waals surface area (Å²) in [7, 11) is 0. The maximum absolute atomic E-state index is 12.0. The van der Waals surface area contributed by atoms with Crippen molar-refractivity contribution >= 4 is 27.7 Å². The van der Waals surface area contributed by atoms with Crippen molar-refractivity contribution in [2.75, 3.05) is 6.54 Å². The topological polar surface area (TPSA) is 76.0 Å². The molecule has 0 saturated heterocycles. The lowest BCUT2D eigenvalue weighted by Crippen LogP contribution is -2.30. The summed E-state index contributed by atoms with van der Waals surface area (Å²) >= 11 is 3.33. The minimum Gasteiger partial charge on any atom is -0.352 e. The van der Waals surface area contributed by atoms with Gasteiger partial charge in [0.05, 0.1) is 6.54 Å². The molecular weight excluding hydrogens is 420 g/mol. The normalized spacial score (nSPS) is 10.5. The van der Waals surface area contributed by atoms with Crippen molar-refractivity contribution in [3.63, 3.8) is 0 Å². The molecular formula is C21H21BrN4O2. The molecule has 0 fully saturated rings. The van der Waals surface area contributed by atoms with Gasteiger partial charge in [-0.2, -0.15) is 5.10 Å². The molecule has 2 aromatic carbocycles. The van der Waals surface area contributed by atoms with E-state index in [2.05, 4.69) is 31.7 Å². The van der Waals surface area contributed by atoms with Gasteiger partial charge in [0.15, 0.2) is 0 Å². The molecule has 2 amide bonds. The maximum atomic E-state index is 12.0. The monoisotopic (exact) mass is 440 g/mol. The predicted molar refractivity (Wildman–Crippen MR) is 111 cm³/mol. The van der Waals surface area contributed by atoms with Gasteiger partial charge in [-0.15, -0.1) is 0 Å². The van der Waals surface area contributed by atoms with Crippen molar-refractivity contribution < 1.29 is 9.59 Å². The Morgan fingerprint density at radius 1 is 0.964 bits per heavy atom. The fourth-order valence-corrected chi connectivity index (χ4v) is 2.89. The average molecular weight is 441 g/mol. The van der Waals surface area contributed by atoms with Crippen molar-refractivity contribution in [3.8, 4) is 0 Å². The van der Waals surface area contributed by atoms with Crippen molar-refractivity contribution in [1.29, 1.82) is 0 Å². The van der Waals surface area contributed by atoms with Crippen LogP contribution in [0.3, 0.4) is 0 Å². The Bertz CT molecular complexity index is 907. The Morgan fingerprint density at radius 3 is 2.36 bits per heavy atom. The Hall–Kier alpha value is -2.93. The summed E-state index contributed by atoms with van der Waals surface area (Å²) in [6.45, 7) is 1.47. The molecule has 0 spiro atoms. The van der Waals surface area contributed by atoms with Crippen LogP contribution < -0.4 is 10.6 Å². The summed E-state index contributed by atoms with van der Waals surface area (Å²) in [5.74, 6) is -0.287. The minimum atomic E-state index is -0.187. The number of carbonyl (C=O) groups excluding carboxylic acids is 2. The highest BCUT2D eigenvalue weighted by Gasteiger charge is 2.07. The van der Waals surface area contributed by atoms with Gasteiger partial charge >= 0.3 is 0 Å². The highest BCUT2D eigenvalue weighted by molar-refractivity contribution is 9.10. The van der Waals surface area contributed by atoms with E-state index in [9.17, 15) is 9.59 Å². The highest BCUT2D eigenvalue weighted by atomic mass is 79.9. The Kier molecular flexibility index (Phi) is 6.97. The number of aromatic nitrogens is 2. The average Bonchev–Trinajstić information content (AvgIpc) is 3.21. The molecule has 6 nitrogen and oxygen atoms in total. The zero-order chi connectivity index (χ0) is 19.8. The minimum absolute atomic E-state index is 0.100. The van der Waals surface area contributed by atoms with Gasteiger partial charge in [-0.3, -0.25) is 14.3 Å². The quantitative estimate of drug-likeness (QED) is 0.564. The number of hydrogen-bond acceptors (Lipinski definition) is 3. The second kappa shape index (κ2) is 9.85. The van der Waals surface area contributed by atoms with E-state index < -0.39 is 0 Å². The van der Waals surface area contributed by atoms with Gasteiger partial charge in [0.1, 0.15) is 0 Å². The number of nitrogens with zero attached hydrogens (tertiary/aromatic N) is 2. The summed E-state index contributed by atoms with van der Waals surface area (Å²) in [5, 5.41) is 9.81. The molecule has 0 aliphatic carbocycles. The van der Waals surface area contributed by atoms with E-state index in [1.54, 1.807) is 18.3 Å². The van der Waals surface area contributed by atoms with E-state index >= 15 is 0 Å². The zero-order valence-electron chi connectivity index (χ0n) is 15.3. The molecule has 144 valence electrons. The maximum Gasteiger partial charge on any atom is 0.251 e. The molecule has 3 rings (SSSR count). The Morgan fingerprint density at radius 2 is 1.68 bits per heavy atom. The third-order valence-corrected chi connectivity index (χ3v) is 4.69. The molecule has 0 radical (unpaired) electrons. The van der Waals surface area contributed by atoms with Crippen molar-refractivity contribution in [1.82, 2.24) is 20.4 Å². The van der Waals surface area contributed by atoms with E-state index in [0.29, 0.717) is 18.7 Å². The van der Waals surface area contributed by atoms with Crippen LogP contribution in [0.25, 0.3) is 0 Å². The predicted octanol–water partition coefficient (Wildman–Crippen LogP) is 3.13. The molecule has 0 saturated carbocycles. The van der Waals surface area contributed by atoms with Crippen LogP contribution in [0.1, 0.15) is 27.9 Å². The first kappa shape index (κ1) is 19.8. The third kappa shape index (κ3) is 6.06. The summed E-state index contributed by atoms with van der Waals surface area (Å²) < 4.78 is 2.78. The zero-order valence-corrected chi connectivity index (χ0v) is 16.9. The molecule has 0 atom stereocenters. The van der Waals surface area contributed by atoms with E-state index in [0.717, 1.165) is 22.1 Å². The fraction of sp³-hybridized carbons (Fsp3) is 0.190. The number of benzene rings is 2. The van der Waals surface area contributed by atoms with Crippen LogP contribution in [0, 0.1) is 0 Å². The first-order chi connectivity index (χ1) is 13.6. The lowest BCUT2D eigenvalue weighted by molar-refractivity contribution is -0.121. The molecule has 3 aromatic rings.